The summed E-state index contributed by atoms with van der Waals surface area (Å²) in [4.78, 5) is 18.3. The van der Waals surface area contributed by atoms with Gasteiger partial charge in [0.25, 0.3) is 5.91 Å². The molecular formula is C25H26N2O3. The molecule has 1 aliphatic heterocycles. The quantitative estimate of drug-likeness (QED) is 0.616. The lowest BCUT2D eigenvalue weighted by molar-refractivity contribution is -0.130. The van der Waals surface area contributed by atoms with Gasteiger partial charge in [-0.1, -0.05) is 44.0 Å². The van der Waals surface area contributed by atoms with E-state index >= 15 is 0 Å². The van der Waals surface area contributed by atoms with E-state index in [4.69, 9.17) is 11.2 Å². The van der Waals surface area contributed by atoms with Crippen molar-refractivity contribution in [2.75, 3.05) is 7.11 Å². The summed E-state index contributed by atoms with van der Waals surface area (Å²) in [6.45, 7) is 2.14. The molecule has 3 aromatic rings. The number of para-hydroxylation sites is 1. The Bertz CT molecular complexity index is 1130. The molecule has 0 fully saturated rings. The molecule has 0 saturated carbocycles. The van der Waals surface area contributed by atoms with Crippen LogP contribution in [0.25, 0.3) is 10.9 Å². The van der Waals surface area contributed by atoms with Crippen LogP contribution < -0.4 is 4.74 Å². The zero-order chi connectivity index (χ0) is 21.3. The van der Waals surface area contributed by atoms with Crippen LogP contribution >= 0.6 is 0 Å². The topological polar surface area (TPSA) is 65.6 Å². The first-order valence-corrected chi connectivity index (χ1v) is 10.3. The lowest BCUT2D eigenvalue weighted by Gasteiger charge is -2.42. The van der Waals surface area contributed by atoms with Crippen molar-refractivity contribution in [2.24, 2.45) is 0 Å². The molecular weight excluding hydrogens is 376 g/mol. The standard InChI is InChI=1S/C25H26N2O3/c1-4-6-10-16-15-18-17-11-7-8-12-19(17)26-24(18)25(27(16)22(29)5-2)23-20(28)13-9-14-21(23)30-3/h2,7-9,11-14,16,25-26,28H,4,6,10,15H2,1,3H3/t16-,25-/m0/s1. The van der Waals surface area contributed by atoms with Gasteiger partial charge < -0.3 is 19.7 Å². The van der Waals surface area contributed by atoms with E-state index in [-0.39, 0.29) is 17.7 Å². The third-order valence-electron chi connectivity index (χ3n) is 6.02. The first kappa shape index (κ1) is 19.9. The number of nitrogens with one attached hydrogen (secondary N) is 1. The number of aromatic nitrogens is 1. The number of amides is 1. The number of benzene rings is 2. The van der Waals surface area contributed by atoms with Gasteiger partial charge in [-0.3, -0.25) is 4.79 Å². The fraction of sp³-hybridized carbons (Fsp3) is 0.320. The number of phenols is 1. The van der Waals surface area contributed by atoms with Crippen molar-refractivity contribution < 1.29 is 14.6 Å². The smallest absolute Gasteiger partial charge is 0.299 e. The molecule has 4 rings (SSSR count). The maximum Gasteiger partial charge on any atom is 0.299 e. The molecule has 154 valence electrons. The molecule has 5 nitrogen and oxygen atoms in total. The number of fused-ring (bicyclic) bond motifs is 3. The average molecular weight is 402 g/mol. The Hall–Kier alpha value is -3.39. The molecule has 0 radical (unpaired) electrons. The van der Waals surface area contributed by atoms with Crippen LogP contribution in [0.1, 0.15) is 49.0 Å². The van der Waals surface area contributed by atoms with Crippen LogP contribution in [0.2, 0.25) is 0 Å². The van der Waals surface area contributed by atoms with Crippen LogP contribution in [-0.2, 0) is 11.2 Å². The van der Waals surface area contributed by atoms with E-state index in [1.807, 2.05) is 18.2 Å². The third kappa shape index (κ3) is 3.19. The number of phenolic OH excluding ortho intramolecular Hbond substituents is 1. The highest BCUT2D eigenvalue weighted by Crippen LogP contribution is 2.47. The predicted molar refractivity (Wildman–Crippen MR) is 117 cm³/mol. The second-order valence-electron chi connectivity index (χ2n) is 7.72. The zero-order valence-electron chi connectivity index (χ0n) is 17.3. The lowest BCUT2D eigenvalue weighted by atomic mass is 9.85. The number of H-pyrrole nitrogens is 1. The predicted octanol–water partition coefficient (Wildman–Crippen LogP) is 4.55. The van der Waals surface area contributed by atoms with Crippen LogP contribution in [0.4, 0.5) is 0 Å². The lowest BCUT2D eigenvalue weighted by Crippen LogP contribution is -2.47. The number of carbonyl (C=O) groups excluding carboxylic acids is 1. The Balaban J connectivity index is 2.00. The number of aromatic hydroxyl groups is 1. The Labute approximate surface area is 176 Å². The fourth-order valence-electron chi connectivity index (χ4n) is 4.67. The summed E-state index contributed by atoms with van der Waals surface area (Å²) in [5.41, 5.74) is 3.61. The van der Waals surface area contributed by atoms with Crippen molar-refractivity contribution >= 4 is 16.8 Å². The molecule has 30 heavy (non-hydrogen) atoms. The normalized spacial score (nSPS) is 18.1. The van der Waals surface area contributed by atoms with Gasteiger partial charge >= 0.3 is 0 Å². The van der Waals surface area contributed by atoms with E-state index in [0.29, 0.717) is 11.3 Å². The summed E-state index contributed by atoms with van der Waals surface area (Å²) in [5.74, 6) is 2.54. The summed E-state index contributed by atoms with van der Waals surface area (Å²) < 4.78 is 5.58. The summed E-state index contributed by atoms with van der Waals surface area (Å²) in [5, 5.41) is 12.0. The number of methoxy groups -OCH3 is 1. The van der Waals surface area contributed by atoms with E-state index < -0.39 is 6.04 Å². The number of hydrogen-bond acceptors (Lipinski definition) is 3. The van der Waals surface area contributed by atoms with Gasteiger partial charge in [-0.2, -0.15) is 0 Å². The molecule has 1 aromatic heterocycles. The molecule has 1 aliphatic rings. The van der Waals surface area contributed by atoms with Crippen molar-refractivity contribution in [1.82, 2.24) is 9.88 Å². The molecule has 2 N–H and O–H groups in total. The average Bonchev–Trinajstić information content (AvgIpc) is 3.14. The van der Waals surface area contributed by atoms with Gasteiger partial charge in [-0.15, -0.1) is 6.42 Å². The highest BCUT2D eigenvalue weighted by molar-refractivity contribution is 5.95. The van der Waals surface area contributed by atoms with Gasteiger partial charge in [0.2, 0.25) is 0 Å². The number of terminal acetylenes is 1. The summed E-state index contributed by atoms with van der Waals surface area (Å²) in [6, 6.07) is 12.7. The maximum absolute atomic E-state index is 13.0. The number of aromatic amines is 1. The van der Waals surface area contributed by atoms with E-state index in [0.717, 1.165) is 42.3 Å². The number of nitrogens with zero attached hydrogens (tertiary/aromatic N) is 1. The zero-order valence-corrected chi connectivity index (χ0v) is 17.3. The molecule has 2 heterocycles. The fourth-order valence-corrected chi connectivity index (χ4v) is 4.67. The first-order valence-electron chi connectivity index (χ1n) is 10.3. The summed E-state index contributed by atoms with van der Waals surface area (Å²) in [6.07, 6.45) is 9.17. The van der Waals surface area contributed by atoms with E-state index in [1.165, 1.54) is 5.56 Å². The molecule has 0 aliphatic carbocycles. The molecule has 2 aromatic carbocycles. The minimum absolute atomic E-state index is 0.0606. The highest BCUT2D eigenvalue weighted by atomic mass is 16.5. The highest BCUT2D eigenvalue weighted by Gasteiger charge is 2.41. The monoisotopic (exact) mass is 402 g/mol. The van der Waals surface area contributed by atoms with Gasteiger partial charge in [0.05, 0.1) is 12.7 Å². The van der Waals surface area contributed by atoms with Crippen molar-refractivity contribution in [3.05, 3.63) is 59.3 Å². The Morgan fingerprint density at radius 1 is 1.30 bits per heavy atom. The molecule has 0 bridgehead atoms. The van der Waals surface area contributed by atoms with E-state index in [1.54, 1.807) is 30.2 Å². The van der Waals surface area contributed by atoms with Gasteiger partial charge in [-0.25, -0.2) is 0 Å². The maximum atomic E-state index is 13.0. The van der Waals surface area contributed by atoms with Gasteiger partial charge in [0, 0.05) is 22.6 Å². The number of hydrogen-bond donors (Lipinski definition) is 2. The molecule has 2 atom stereocenters. The summed E-state index contributed by atoms with van der Waals surface area (Å²) >= 11 is 0. The number of carbonyl (C=O) groups is 1. The van der Waals surface area contributed by atoms with Gasteiger partial charge in [0.15, 0.2) is 0 Å². The Kier molecular flexibility index (Phi) is 5.41. The Morgan fingerprint density at radius 3 is 2.83 bits per heavy atom. The number of ether oxygens (including phenoxy) is 1. The largest absolute Gasteiger partial charge is 0.507 e. The Morgan fingerprint density at radius 2 is 2.10 bits per heavy atom. The van der Waals surface area contributed by atoms with E-state index in [9.17, 15) is 9.90 Å². The van der Waals surface area contributed by atoms with Gasteiger partial charge in [0.1, 0.15) is 17.5 Å². The number of unbranched alkanes of at least 4 members (excludes halogenated alkanes) is 1. The van der Waals surface area contributed by atoms with E-state index in [2.05, 4.69) is 23.9 Å². The SMILES string of the molecule is C#CC(=O)N1[C@@H](CCCC)Cc2c([nH]c3ccccc23)[C@@H]1c1c(O)cccc1OC. The second kappa shape index (κ2) is 8.16. The molecule has 1 amide bonds. The van der Waals surface area contributed by atoms with Crippen molar-refractivity contribution in [2.45, 2.75) is 44.7 Å². The van der Waals surface area contributed by atoms with Crippen molar-refractivity contribution in [3.8, 4) is 23.8 Å². The van der Waals surface area contributed by atoms with Crippen LogP contribution in [0.5, 0.6) is 11.5 Å². The molecule has 0 unspecified atom stereocenters. The molecule has 0 spiro atoms. The van der Waals surface area contributed by atoms with Crippen LogP contribution in [0.3, 0.4) is 0 Å². The van der Waals surface area contributed by atoms with Crippen LogP contribution in [0, 0.1) is 12.3 Å². The van der Waals surface area contributed by atoms with Crippen LogP contribution in [-0.4, -0.2) is 34.0 Å². The number of rotatable bonds is 5. The minimum Gasteiger partial charge on any atom is -0.507 e. The second-order valence-corrected chi connectivity index (χ2v) is 7.72. The molecule has 0 saturated heterocycles. The third-order valence-corrected chi connectivity index (χ3v) is 6.02. The first-order chi connectivity index (χ1) is 14.6. The van der Waals surface area contributed by atoms with Crippen molar-refractivity contribution in [3.63, 3.8) is 0 Å². The van der Waals surface area contributed by atoms with Crippen molar-refractivity contribution in [1.29, 1.82) is 0 Å². The van der Waals surface area contributed by atoms with Gasteiger partial charge in [-0.05, 0) is 42.5 Å². The van der Waals surface area contributed by atoms with Crippen LogP contribution in [0.15, 0.2) is 42.5 Å². The molecule has 5 heteroatoms. The minimum atomic E-state index is -0.553. The summed E-state index contributed by atoms with van der Waals surface area (Å²) in [7, 11) is 1.56.